The molecule has 7 heteroatoms. The number of piperazine rings is 1. The minimum absolute atomic E-state index is 0.518. The van der Waals surface area contributed by atoms with Crippen LogP contribution in [0.4, 0.5) is 5.69 Å². The molecule has 1 aliphatic heterocycles. The third-order valence-corrected chi connectivity index (χ3v) is 4.57. The molecule has 0 saturated carbocycles. The second kappa shape index (κ2) is 7.57. The number of aryl methyl sites for hydroxylation is 1. The summed E-state index contributed by atoms with van der Waals surface area (Å²) in [6.45, 7) is 7.06. The van der Waals surface area contributed by atoms with Gasteiger partial charge in [0.2, 0.25) is 0 Å². The van der Waals surface area contributed by atoms with Gasteiger partial charge >= 0.3 is 0 Å². The van der Waals surface area contributed by atoms with Crippen LogP contribution in [0.15, 0.2) is 41.7 Å². The second-order valence-electron chi connectivity index (χ2n) is 5.75. The monoisotopic (exact) mass is 346 g/mol. The van der Waals surface area contributed by atoms with Gasteiger partial charge in [-0.25, -0.2) is 9.98 Å². The molecule has 0 amide bonds. The lowest BCUT2D eigenvalue weighted by Gasteiger charge is -2.36. The highest BCUT2D eigenvalue weighted by atomic mass is 35.5. The molecule has 1 fully saturated rings. The van der Waals surface area contributed by atoms with Crippen LogP contribution in [0.2, 0.25) is 5.02 Å². The van der Waals surface area contributed by atoms with E-state index >= 15 is 0 Å². The molecule has 0 radical (unpaired) electrons. The van der Waals surface area contributed by atoms with Crippen molar-refractivity contribution in [2.75, 3.05) is 31.1 Å². The van der Waals surface area contributed by atoms with Gasteiger partial charge in [0.1, 0.15) is 12.4 Å². The third kappa shape index (κ3) is 3.82. The minimum Gasteiger partial charge on any atom is -0.370 e. The largest absolute Gasteiger partial charge is 0.370 e. The predicted molar refractivity (Wildman–Crippen MR) is 98.5 cm³/mol. The number of imidazole rings is 1. The Balaban J connectivity index is 1.55. The number of nitrogens with two attached hydrogens (primary N) is 1. The van der Waals surface area contributed by atoms with Crippen molar-refractivity contribution in [2.24, 2.45) is 10.7 Å². The lowest BCUT2D eigenvalue weighted by molar-refractivity contribution is 0.380. The summed E-state index contributed by atoms with van der Waals surface area (Å²) < 4.78 is 2.08. The van der Waals surface area contributed by atoms with Crippen LogP contribution in [0.1, 0.15) is 12.7 Å². The molecule has 0 atom stereocenters. The maximum Gasteiger partial charge on any atom is 0.191 e. The van der Waals surface area contributed by atoms with Gasteiger partial charge in [0.05, 0.1) is 0 Å². The van der Waals surface area contributed by atoms with E-state index in [1.165, 1.54) is 5.69 Å². The molecule has 0 unspecified atom stereocenters. The van der Waals surface area contributed by atoms with Crippen molar-refractivity contribution in [3.63, 3.8) is 0 Å². The number of guanidine groups is 1. The van der Waals surface area contributed by atoms with Gasteiger partial charge in [-0.2, -0.15) is 0 Å². The van der Waals surface area contributed by atoms with E-state index < -0.39 is 0 Å². The molecule has 1 aliphatic rings. The molecule has 24 heavy (non-hydrogen) atoms. The Morgan fingerprint density at radius 1 is 1.21 bits per heavy atom. The summed E-state index contributed by atoms with van der Waals surface area (Å²) >= 11 is 5.95. The Bertz CT molecular complexity index is 685. The highest BCUT2D eigenvalue weighted by molar-refractivity contribution is 6.30. The molecule has 2 heterocycles. The van der Waals surface area contributed by atoms with Crippen LogP contribution < -0.4 is 10.6 Å². The summed E-state index contributed by atoms with van der Waals surface area (Å²) in [5.41, 5.74) is 7.36. The predicted octanol–water partition coefficient (Wildman–Crippen LogP) is 2.19. The number of anilines is 1. The average Bonchev–Trinajstić information content (AvgIpc) is 3.08. The summed E-state index contributed by atoms with van der Waals surface area (Å²) in [6, 6.07) is 7.96. The molecule has 0 aliphatic carbocycles. The fourth-order valence-corrected chi connectivity index (χ4v) is 3.00. The molecule has 3 rings (SSSR count). The van der Waals surface area contributed by atoms with E-state index in [0.717, 1.165) is 43.6 Å². The van der Waals surface area contributed by atoms with Crippen molar-refractivity contribution >= 4 is 23.2 Å². The summed E-state index contributed by atoms with van der Waals surface area (Å²) in [5.74, 6) is 1.54. The molecule has 2 N–H and O–H groups in total. The topological polar surface area (TPSA) is 62.7 Å². The van der Waals surface area contributed by atoms with Gasteiger partial charge in [-0.1, -0.05) is 11.6 Å². The van der Waals surface area contributed by atoms with E-state index in [4.69, 9.17) is 17.3 Å². The first-order chi connectivity index (χ1) is 11.7. The molecule has 0 bridgehead atoms. The number of hydrogen-bond acceptors (Lipinski definition) is 3. The summed E-state index contributed by atoms with van der Waals surface area (Å²) in [4.78, 5) is 13.3. The van der Waals surface area contributed by atoms with E-state index in [-0.39, 0.29) is 0 Å². The van der Waals surface area contributed by atoms with Crippen molar-refractivity contribution < 1.29 is 0 Å². The first-order valence-electron chi connectivity index (χ1n) is 8.22. The van der Waals surface area contributed by atoms with Gasteiger partial charge in [0.25, 0.3) is 0 Å². The van der Waals surface area contributed by atoms with Crippen LogP contribution in [0.25, 0.3) is 0 Å². The van der Waals surface area contributed by atoms with Gasteiger partial charge in [0.15, 0.2) is 5.96 Å². The maximum atomic E-state index is 6.16. The second-order valence-corrected chi connectivity index (χ2v) is 6.19. The zero-order valence-corrected chi connectivity index (χ0v) is 14.7. The average molecular weight is 347 g/mol. The van der Waals surface area contributed by atoms with Gasteiger partial charge in [0, 0.05) is 55.8 Å². The lowest BCUT2D eigenvalue weighted by Crippen LogP contribution is -2.51. The number of hydrogen-bond donors (Lipinski definition) is 1. The number of aromatic nitrogens is 2. The fraction of sp³-hybridized carbons (Fsp3) is 0.412. The molecule has 0 spiro atoms. The molecule has 1 aromatic carbocycles. The van der Waals surface area contributed by atoms with Crippen LogP contribution in [-0.4, -0.2) is 46.6 Å². The highest BCUT2D eigenvalue weighted by Gasteiger charge is 2.18. The first-order valence-corrected chi connectivity index (χ1v) is 8.60. The van der Waals surface area contributed by atoms with Crippen LogP contribution >= 0.6 is 11.6 Å². The van der Waals surface area contributed by atoms with Crippen molar-refractivity contribution in [3.05, 3.63) is 47.5 Å². The molecule has 1 aromatic heterocycles. The summed E-state index contributed by atoms with van der Waals surface area (Å²) in [6.07, 6.45) is 3.77. The van der Waals surface area contributed by atoms with Crippen LogP contribution in [-0.2, 0) is 13.1 Å². The minimum atomic E-state index is 0.518. The van der Waals surface area contributed by atoms with Crippen LogP contribution in [0, 0.1) is 0 Å². The SMILES string of the molecule is CCn1ccnc1CN=C(N)N1CCN(c2ccc(Cl)cc2)CC1. The van der Waals surface area contributed by atoms with E-state index in [0.29, 0.717) is 12.5 Å². The quantitative estimate of drug-likeness (QED) is 0.681. The number of nitrogens with zero attached hydrogens (tertiary/aromatic N) is 5. The zero-order valence-electron chi connectivity index (χ0n) is 13.9. The molecule has 1 saturated heterocycles. The highest BCUT2D eigenvalue weighted by Crippen LogP contribution is 2.19. The van der Waals surface area contributed by atoms with E-state index in [1.807, 2.05) is 18.3 Å². The number of aliphatic imine (C=N–C) groups is 1. The summed E-state index contributed by atoms with van der Waals surface area (Å²) in [7, 11) is 0. The van der Waals surface area contributed by atoms with E-state index in [9.17, 15) is 0 Å². The van der Waals surface area contributed by atoms with Gasteiger partial charge in [-0.3, -0.25) is 0 Å². The van der Waals surface area contributed by atoms with Crippen LogP contribution in [0.3, 0.4) is 0 Å². The molecule has 128 valence electrons. The third-order valence-electron chi connectivity index (χ3n) is 4.32. The van der Waals surface area contributed by atoms with E-state index in [2.05, 4.69) is 43.4 Å². The van der Waals surface area contributed by atoms with Crippen molar-refractivity contribution in [2.45, 2.75) is 20.0 Å². The standard InChI is InChI=1S/C17H23ClN6/c1-2-22-8-7-20-16(22)13-21-17(19)24-11-9-23(10-12-24)15-5-3-14(18)4-6-15/h3-8H,2,9-13H2,1H3,(H2,19,21). The Kier molecular flexibility index (Phi) is 5.25. The Morgan fingerprint density at radius 2 is 1.92 bits per heavy atom. The Morgan fingerprint density at radius 3 is 2.58 bits per heavy atom. The van der Waals surface area contributed by atoms with Crippen LogP contribution in [0.5, 0.6) is 0 Å². The zero-order chi connectivity index (χ0) is 16.9. The van der Waals surface area contributed by atoms with Crippen molar-refractivity contribution in [1.29, 1.82) is 0 Å². The number of halogens is 1. The van der Waals surface area contributed by atoms with Crippen molar-refractivity contribution in [1.82, 2.24) is 14.5 Å². The Labute approximate surface area is 147 Å². The normalized spacial score (nSPS) is 15.8. The first kappa shape index (κ1) is 16.6. The van der Waals surface area contributed by atoms with Gasteiger partial charge < -0.3 is 20.1 Å². The molecular weight excluding hydrogens is 324 g/mol. The van der Waals surface area contributed by atoms with Gasteiger partial charge in [-0.05, 0) is 31.2 Å². The fourth-order valence-electron chi connectivity index (χ4n) is 2.88. The number of rotatable bonds is 4. The maximum absolute atomic E-state index is 6.16. The summed E-state index contributed by atoms with van der Waals surface area (Å²) in [5, 5.41) is 0.763. The lowest BCUT2D eigenvalue weighted by atomic mass is 10.2. The van der Waals surface area contributed by atoms with Gasteiger partial charge in [-0.15, -0.1) is 0 Å². The van der Waals surface area contributed by atoms with E-state index in [1.54, 1.807) is 6.20 Å². The number of benzene rings is 1. The molecule has 6 nitrogen and oxygen atoms in total. The Hall–Kier alpha value is -2.21. The molecule has 2 aromatic rings. The van der Waals surface area contributed by atoms with Crippen molar-refractivity contribution in [3.8, 4) is 0 Å². The smallest absolute Gasteiger partial charge is 0.191 e. The molecular formula is C17H23ClN6.